The number of quaternary nitrogens is 1. The van der Waals surface area contributed by atoms with Crippen molar-refractivity contribution in [1.82, 2.24) is 5.32 Å². The summed E-state index contributed by atoms with van der Waals surface area (Å²) in [6.45, 7) is 7.04. The predicted octanol–water partition coefficient (Wildman–Crippen LogP) is 20.1. The van der Waals surface area contributed by atoms with Gasteiger partial charge >= 0.3 is 13.8 Å². The standard InChI is InChI=1S/C65H127N2O7P/c1-7-10-13-16-19-22-25-26-27-28-29-30-31-32-33-34-35-36-37-38-39-40-43-45-48-51-54-57-64(68)66-62(61-73-75(70,71)72-60-59-67(4,5)6)63(56-53-50-47-44-41-23-20-17-14-11-8-2)74-65(69)58-55-52-49-46-42-24-21-18-15-12-9-3/h26-27,53,56,62-63H,7-25,28-52,54-55,57-61H2,1-6H3,(H-,66,68,70,71)/p+1/b27-26+,56-53-. The third kappa shape index (κ3) is 57.0. The molecule has 0 rings (SSSR count). The molecule has 0 bridgehead atoms. The summed E-state index contributed by atoms with van der Waals surface area (Å²) in [5, 5.41) is 3.06. The Morgan fingerprint density at radius 1 is 0.453 bits per heavy atom. The predicted molar refractivity (Wildman–Crippen MR) is 323 cm³/mol. The van der Waals surface area contributed by atoms with Crippen LogP contribution in [-0.4, -0.2) is 74.3 Å². The van der Waals surface area contributed by atoms with Crippen molar-refractivity contribution < 1.29 is 37.3 Å². The van der Waals surface area contributed by atoms with Crippen LogP contribution in [0.3, 0.4) is 0 Å². The highest BCUT2D eigenvalue weighted by Gasteiger charge is 2.30. The molecule has 10 heteroatoms. The first-order chi connectivity index (χ1) is 36.4. The molecule has 0 aliphatic carbocycles. The molecular formula is C65H128N2O7P+. The molecule has 0 aromatic rings. The number of carbonyl (C=O) groups excluding carboxylic acids is 2. The van der Waals surface area contributed by atoms with Gasteiger partial charge in [0.2, 0.25) is 5.91 Å². The van der Waals surface area contributed by atoms with E-state index in [0.717, 1.165) is 57.8 Å². The molecule has 0 spiro atoms. The Kier molecular flexibility index (Phi) is 54.7. The van der Waals surface area contributed by atoms with Crippen molar-refractivity contribution in [2.24, 2.45) is 0 Å². The third-order valence-electron chi connectivity index (χ3n) is 14.9. The van der Waals surface area contributed by atoms with E-state index in [9.17, 15) is 19.0 Å². The van der Waals surface area contributed by atoms with Gasteiger partial charge < -0.3 is 19.4 Å². The Bertz CT molecular complexity index is 1340. The van der Waals surface area contributed by atoms with Gasteiger partial charge in [0, 0.05) is 12.8 Å². The number of esters is 1. The van der Waals surface area contributed by atoms with E-state index in [1.165, 1.54) is 238 Å². The summed E-state index contributed by atoms with van der Waals surface area (Å²) in [6, 6.07) is -0.840. The summed E-state index contributed by atoms with van der Waals surface area (Å²) < 4.78 is 30.7. The molecule has 0 aliphatic heterocycles. The van der Waals surface area contributed by atoms with Crippen LogP contribution in [0.2, 0.25) is 0 Å². The molecule has 9 nitrogen and oxygen atoms in total. The third-order valence-corrected chi connectivity index (χ3v) is 15.9. The van der Waals surface area contributed by atoms with E-state index in [2.05, 4.69) is 38.2 Å². The molecule has 0 fully saturated rings. The van der Waals surface area contributed by atoms with E-state index in [4.69, 9.17) is 13.8 Å². The maximum absolute atomic E-state index is 13.5. The van der Waals surface area contributed by atoms with Gasteiger partial charge in [0.05, 0.1) is 33.8 Å². The maximum atomic E-state index is 13.5. The number of unbranched alkanes of at least 4 members (excludes halogenated alkanes) is 42. The van der Waals surface area contributed by atoms with Crippen molar-refractivity contribution in [2.45, 2.75) is 341 Å². The van der Waals surface area contributed by atoms with Crippen LogP contribution in [0.15, 0.2) is 24.3 Å². The minimum atomic E-state index is -4.44. The fourth-order valence-electron chi connectivity index (χ4n) is 9.82. The molecule has 0 aromatic carbocycles. The van der Waals surface area contributed by atoms with Crippen LogP contribution in [0, 0.1) is 0 Å². The minimum Gasteiger partial charge on any atom is -0.456 e. The topological polar surface area (TPSA) is 111 Å². The summed E-state index contributed by atoms with van der Waals surface area (Å²) in [6.07, 6.45) is 66.2. The first-order valence-electron chi connectivity index (χ1n) is 32.7. The van der Waals surface area contributed by atoms with Crippen LogP contribution in [0.25, 0.3) is 0 Å². The molecular weight excluding hydrogens is 952 g/mol. The van der Waals surface area contributed by atoms with E-state index in [0.29, 0.717) is 23.9 Å². The lowest BCUT2D eigenvalue weighted by atomic mass is 10.0. The van der Waals surface area contributed by atoms with Gasteiger partial charge in [-0.15, -0.1) is 0 Å². The number of nitrogens with one attached hydrogen (secondary N) is 1. The van der Waals surface area contributed by atoms with Gasteiger partial charge in [-0.3, -0.25) is 18.6 Å². The highest BCUT2D eigenvalue weighted by atomic mass is 31.2. The number of phosphoric acid groups is 1. The lowest BCUT2D eigenvalue weighted by Gasteiger charge is -2.27. The van der Waals surface area contributed by atoms with Crippen LogP contribution >= 0.6 is 7.82 Å². The smallest absolute Gasteiger partial charge is 0.456 e. The number of nitrogens with zero attached hydrogens (tertiary/aromatic N) is 1. The molecule has 2 N–H and O–H groups in total. The number of phosphoric ester groups is 1. The van der Waals surface area contributed by atoms with Crippen molar-refractivity contribution in [3.63, 3.8) is 0 Å². The Labute approximate surface area is 466 Å². The van der Waals surface area contributed by atoms with Gasteiger partial charge in [-0.25, -0.2) is 4.57 Å². The first-order valence-corrected chi connectivity index (χ1v) is 34.2. The number of allylic oxidation sites excluding steroid dienone is 3. The summed E-state index contributed by atoms with van der Waals surface area (Å²) >= 11 is 0. The summed E-state index contributed by atoms with van der Waals surface area (Å²) in [5.41, 5.74) is 0. The van der Waals surface area contributed by atoms with Crippen LogP contribution in [-0.2, 0) is 27.9 Å². The molecule has 3 atom stereocenters. The molecule has 0 aromatic heterocycles. The second kappa shape index (κ2) is 55.8. The highest BCUT2D eigenvalue weighted by molar-refractivity contribution is 7.47. The summed E-state index contributed by atoms with van der Waals surface area (Å²) in [7, 11) is 1.51. The average molecular weight is 1080 g/mol. The number of hydrogen-bond donors (Lipinski definition) is 2. The van der Waals surface area contributed by atoms with Gasteiger partial charge in [-0.05, 0) is 57.4 Å². The molecule has 0 saturated carbocycles. The largest absolute Gasteiger partial charge is 0.472 e. The fourth-order valence-corrected chi connectivity index (χ4v) is 10.6. The maximum Gasteiger partial charge on any atom is 0.472 e. The number of hydrogen-bond acceptors (Lipinski definition) is 6. The molecule has 3 unspecified atom stereocenters. The molecule has 0 aliphatic rings. The van der Waals surface area contributed by atoms with Crippen LogP contribution < -0.4 is 5.32 Å². The van der Waals surface area contributed by atoms with Gasteiger partial charge in [0.15, 0.2) is 0 Å². The normalized spacial score (nSPS) is 13.7. The molecule has 0 radical (unpaired) electrons. The Hall–Kier alpha value is -1.51. The molecule has 0 saturated heterocycles. The number of rotatable bonds is 60. The fraction of sp³-hybridized carbons (Fsp3) is 0.908. The summed E-state index contributed by atoms with van der Waals surface area (Å²) in [5.74, 6) is -0.489. The highest BCUT2D eigenvalue weighted by Crippen LogP contribution is 2.43. The van der Waals surface area contributed by atoms with Crippen LogP contribution in [0.1, 0.15) is 329 Å². The first kappa shape index (κ1) is 73.5. The average Bonchev–Trinajstić information content (AvgIpc) is 3.37. The van der Waals surface area contributed by atoms with E-state index < -0.39 is 20.0 Å². The second-order valence-corrected chi connectivity index (χ2v) is 25.1. The van der Waals surface area contributed by atoms with Crippen molar-refractivity contribution in [1.29, 1.82) is 0 Å². The zero-order valence-electron chi connectivity index (χ0n) is 50.8. The van der Waals surface area contributed by atoms with E-state index >= 15 is 0 Å². The monoisotopic (exact) mass is 1080 g/mol. The molecule has 444 valence electrons. The molecule has 0 heterocycles. The quantitative estimate of drug-likeness (QED) is 0.0205. The molecule has 1 amide bonds. The van der Waals surface area contributed by atoms with Crippen LogP contribution in [0.5, 0.6) is 0 Å². The molecule has 75 heavy (non-hydrogen) atoms. The van der Waals surface area contributed by atoms with Crippen molar-refractivity contribution >= 4 is 19.7 Å². The van der Waals surface area contributed by atoms with Gasteiger partial charge in [-0.2, -0.15) is 0 Å². The number of carbonyl (C=O) groups is 2. The lowest BCUT2D eigenvalue weighted by molar-refractivity contribution is -0.870. The Balaban J connectivity index is 4.90. The number of amides is 1. The van der Waals surface area contributed by atoms with E-state index in [-0.39, 0.29) is 25.1 Å². The summed E-state index contributed by atoms with van der Waals surface area (Å²) in [4.78, 5) is 37.6. The van der Waals surface area contributed by atoms with Crippen LogP contribution in [0.4, 0.5) is 0 Å². The zero-order chi connectivity index (χ0) is 55.0. The number of likely N-dealkylation sites (N-methyl/N-ethyl adjacent to an activating group) is 1. The van der Waals surface area contributed by atoms with Crippen molar-refractivity contribution in [3.8, 4) is 0 Å². The Morgan fingerprint density at radius 2 is 0.773 bits per heavy atom. The van der Waals surface area contributed by atoms with Gasteiger partial charge in [-0.1, -0.05) is 283 Å². The van der Waals surface area contributed by atoms with Crippen molar-refractivity contribution in [3.05, 3.63) is 24.3 Å². The minimum absolute atomic E-state index is 0.0444. The Morgan fingerprint density at radius 3 is 1.13 bits per heavy atom. The van der Waals surface area contributed by atoms with E-state index in [1.54, 1.807) is 0 Å². The van der Waals surface area contributed by atoms with Gasteiger partial charge in [0.1, 0.15) is 19.3 Å². The van der Waals surface area contributed by atoms with Gasteiger partial charge in [0.25, 0.3) is 0 Å². The second-order valence-electron chi connectivity index (χ2n) is 23.6. The van der Waals surface area contributed by atoms with E-state index in [1.807, 2.05) is 33.3 Å². The lowest BCUT2D eigenvalue weighted by Crippen LogP contribution is -2.47. The number of ether oxygens (including phenoxy) is 1. The SMILES string of the molecule is CCCCCCCC/C=C/CCCCCCCCCCCCCCCCCCCC(=O)NC(COP(=O)(O)OCC[N+](C)(C)C)C(/C=C\CCCCCCCCCCC)OC(=O)CCCCCCCCCCCCC. The van der Waals surface area contributed by atoms with Crippen molar-refractivity contribution in [2.75, 3.05) is 40.9 Å². The zero-order valence-corrected chi connectivity index (χ0v) is 51.7.